The van der Waals surface area contributed by atoms with Gasteiger partial charge in [-0.15, -0.1) is 34.0 Å². The zero-order valence-corrected chi connectivity index (χ0v) is 18.6. The second-order valence-electron chi connectivity index (χ2n) is 6.80. The topological polar surface area (TPSA) is 98.1 Å². The standard InChI is InChI=1S/C21H17N3O3S3/c1-11(2)27-21(26)17-16(14-6-4-8-29-14)13(10-22)18(23)24-19(25)15(30-20(17)24)9-12-5-3-7-28-12/h3-9,11,16H,23H2,1-2H3/b15-9+/t16-/m1/s1. The first-order chi connectivity index (χ1) is 14.4. The van der Waals surface area contributed by atoms with Crippen molar-refractivity contribution in [2.75, 3.05) is 0 Å². The lowest BCUT2D eigenvalue weighted by molar-refractivity contribution is -0.140. The molecule has 152 valence electrons. The highest BCUT2D eigenvalue weighted by Crippen LogP contribution is 2.38. The van der Waals surface area contributed by atoms with Crippen molar-refractivity contribution >= 4 is 57.4 Å². The second kappa shape index (κ2) is 8.07. The first-order valence-electron chi connectivity index (χ1n) is 9.08. The minimum absolute atomic E-state index is 0.0547. The molecule has 2 N–H and O–H groups in total. The van der Waals surface area contributed by atoms with E-state index in [1.807, 2.05) is 35.0 Å². The molecule has 0 fully saturated rings. The van der Waals surface area contributed by atoms with Crippen molar-refractivity contribution in [2.24, 2.45) is 5.73 Å². The SMILES string of the molecule is CC(C)OC(=O)C1=c2s/c(=C/c3cccs3)c(=O)n2C(N)=C(C#N)[C@@H]1c1cccs1. The number of thiophene rings is 2. The molecule has 1 aliphatic heterocycles. The summed E-state index contributed by atoms with van der Waals surface area (Å²) in [5.41, 5.74) is 6.39. The highest BCUT2D eigenvalue weighted by Gasteiger charge is 2.37. The number of carbonyl (C=O) groups is 1. The summed E-state index contributed by atoms with van der Waals surface area (Å²) >= 11 is 4.11. The lowest BCUT2D eigenvalue weighted by Gasteiger charge is -2.24. The number of esters is 1. The average Bonchev–Trinajstić information content (AvgIpc) is 3.44. The van der Waals surface area contributed by atoms with Crippen LogP contribution >= 0.6 is 34.0 Å². The van der Waals surface area contributed by atoms with Crippen molar-refractivity contribution in [3.63, 3.8) is 0 Å². The number of fused-ring (bicyclic) bond motifs is 1. The molecule has 0 bridgehead atoms. The molecular formula is C21H17N3O3S3. The first-order valence-corrected chi connectivity index (χ1v) is 11.7. The Kier molecular flexibility index (Phi) is 5.47. The van der Waals surface area contributed by atoms with Gasteiger partial charge in [0.1, 0.15) is 10.5 Å². The molecule has 9 heteroatoms. The summed E-state index contributed by atoms with van der Waals surface area (Å²) in [6.45, 7) is 3.52. The molecule has 0 radical (unpaired) electrons. The smallest absolute Gasteiger partial charge is 0.338 e. The molecule has 0 aliphatic carbocycles. The number of nitriles is 1. The van der Waals surface area contributed by atoms with E-state index in [0.717, 1.165) is 9.75 Å². The Hall–Kier alpha value is -2.93. The Morgan fingerprint density at radius 2 is 2.03 bits per heavy atom. The van der Waals surface area contributed by atoms with Crippen molar-refractivity contribution in [1.29, 1.82) is 5.26 Å². The fourth-order valence-electron chi connectivity index (χ4n) is 3.26. The summed E-state index contributed by atoms with van der Waals surface area (Å²) in [5, 5.41) is 13.7. The van der Waals surface area contributed by atoms with E-state index in [1.54, 1.807) is 19.9 Å². The molecule has 0 spiro atoms. The molecule has 30 heavy (non-hydrogen) atoms. The van der Waals surface area contributed by atoms with E-state index in [4.69, 9.17) is 10.5 Å². The maximum Gasteiger partial charge on any atom is 0.338 e. The number of hydrogen-bond donors (Lipinski definition) is 1. The van der Waals surface area contributed by atoms with Gasteiger partial charge in [0, 0.05) is 9.75 Å². The first kappa shape index (κ1) is 20.3. The van der Waals surface area contributed by atoms with E-state index in [9.17, 15) is 14.9 Å². The Morgan fingerprint density at radius 1 is 1.30 bits per heavy atom. The van der Waals surface area contributed by atoms with Crippen LogP contribution in [0.1, 0.15) is 29.5 Å². The number of ether oxygens (including phenoxy) is 1. The number of thiazole rings is 1. The molecule has 0 amide bonds. The fraction of sp³-hybridized carbons (Fsp3) is 0.190. The molecule has 0 saturated heterocycles. The van der Waals surface area contributed by atoms with E-state index in [2.05, 4.69) is 6.07 Å². The summed E-state index contributed by atoms with van der Waals surface area (Å²) in [7, 11) is 0. The zero-order chi connectivity index (χ0) is 21.4. The van der Waals surface area contributed by atoms with Crippen LogP contribution in [0.5, 0.6) is 0 Å². The van der Waals surface area contributed by atoms with E-state index in [-0.39, 0.29) is 28.6 Å². The van der Waals surface area contributed by atoms with Crippen molar-refractivity contribution in [3.05, 3.63) is 69.9 Å². The zero-order valence-electron chi connectivity index (χ0n) is 16.1. The molecular weight excluding hydrogens is 438 g/mol. The van der Waals surface area contributed by atoms with Gasteiger partial charge in [0.25, 0.3) is 5.56 Å². The predicted octanol–water partition coefficient (Wildman–Crippen LogP) is 2.41. The van der Waals surface area contributed by atoms with Gasteiger partial charge < -0.3 is 10.5 Å². The van der Waals surface area contributed by atoms with Crippen LogP contribution < -0.4 is 20.5 Å². The summed E-state index contributed by atoms with van der Waals surface area (Å²) < 4.78 is 7.61. The quantitative estimate of drug-likeness (QED) is 0.609. The summed E-state index contributed by atoms with van der Waals surface area (Å²) in [5.74, 6) is -1.17. The minimum Gasteiger partial charge on any atom is -0.460 e. The molecule has 6 nitrogen and oxygen atoms in total. The Bertz CT molecular complexity index is 1350. The fourth-order valence-corrected chi connectivity index (χ4v) is 6.00. The van der Waals surface area contributed by atoms with Crippen LogP contribution in [0.3, 0.4) is 0 Å². The second-order valence-corrected chi connectivity index (χ2v) is 9.79. The third-order valence-electron chi connectivity index (χ3n) is 4.48. The van der Waals surface area contributed by atoms with Gasteiger partial charge >= 0.3 is 5.97 Å². The number of allylic oxidation sites excluding steroid dienone is 1. The highest BCUT2D eigenvalue weighted by molar-refractivity contribution is 7.11. The molecule has 1 atom stereocenters. The predicted molar refractivity (Wildman–Crippen MR) is 120 cm³/mol. The van der Waals surface area contributed by atoms with Gasteiger partial charge in [-0.25, -0.2) is 4.79 Å². The van der Waals surface area contributed by atoms with Crippen LogP contribution in [0.25, 0.3) is 17.5 Å². The molecule has 3 aromatic rings. The molecule has 0 aromatic carbocycles. The van der Waals surface area contributed by atoms with Crippen LogP contribution in [0.4, 0.5) is 0 Å². The van der Waals surface area contributed by atoms with Gasteiger partial charge in [0.2, 0.25) is 0 Å². The van der Waals surface area contributed by atoms with Gasteiger partial charge in [0.05, 0.1) is 33.8 Å². The van der Waals surface area contributed by atoms with Crippen LogP contribution in [0, 0.1) is 11.3 Å². The number of nitrogens with two attached hydrogens (primary N) is 1. The summed E-state index contributed by atoms with van der Waals surface area (Å²) in [6.07, 6.45) is 1.42. The minimum atomic E-state index is -0.672. The van der Waals surface area contributed by atoms with Crippen LogP contribution in [-0.2, 0) is 9.53 Å². The Labute approximate surface area is 184 Å². The molecule has 3 aromatic heterocycles. The van der Waals surface area contributed by atoms with Crippen molar-refractivity contribution in [3.8, 4) is 6.07 Å². The van der Waals surface area contributed by atoms with Gasteiger partial charge in [0.15, 0.2) is 0 Å². The van der Waals surface area contributed by atoms with Crippen LogP contribution in [0.15, 0.2) is 45.4 Å². The number of nitrogens with zero attached hydrogens (tertiary/aromatic N) is 2. The van der Waals surface area contributed by atoms with Gasteiger partial charge in [-0.05, 0) is 42.8 Å². The maximum absolute atomic E-state index is 13.2. The van der Waals surface area contributed by atoms with Crippen molar-refractivity contribution < 1.29 is 9.53 Å². The van der Waals surface area contributed by atoms with E-state index < -0.39 is 11.9 Å². The number of carbonyl (C=O) groups excluding carboxylic acids is 1. The molecule has 4 rings (SSSR count). The third-order valence-corrected chi connectivity index (χ3v) is 7.34. The number of hydrogen-bond acceptors (Lipinski definition) is 8. The lowest BCUT2D eigenvalue weighted by atomic mass is 9.88. The van der Waals surface area contributed by atoms with Crippen molar-refractivity contribution in [1.82, 2.24) is 4.57 Å². The average molecular weight is 456 g/mol. The maximum atomic E-state index is 13.2. The van der Waals surface area contributed by atoms with E-state index in [1.165, 1.54) is 38.6 Å². The summed E-state index contributed by atoms with van der Waals surface area (Å²) in [6, 6.07) is 9.62. The van der Waals surface area contributed by atoms with Gasteiger partial charge in [-0.3, -0.25) is 9.36 Å². The molecule has 0 unspecified atom stereocenters. The molecule has 4 heterocycles. The van der Waals surface area contributed by atoms with Gasteiger partial charge in [-0.1, -0.05) is 12.1 Å². The third kappa shape index (κ3) is 3.43. The molecule has 1 aliphatic rings. The monoisotopic (exact) mass is 455 g/mol. The Morgan fingerprint density at radius 3 is 2.63 bits per heavy atom. The molecule has 0 saturated carbocycles. The largest absolute Gasteiger partial charge is 0.460 e. The number of rotatable bonds is 4. The van der Waals surface area contributed by atoms with E-state index in [0.29, 0.717) is 9.20 Å². The lowest BCUT2D eigenvalue weighted by Crippen LogP contribution is -2.40. The Balaban J connectivity index is 2.10. The highest BCUT2D eigenvalue weighted by atomic mass is 32.1. The van der Waals surface area contributed by atoms with Crippen LogP contribution in [0.2, 0.25) is 0 Å². The normalized spacial score (nSPS) is 16.7. The van der Waals surface area contributed by atoms with Gasteiger partial charge in [-0.2, -0.15) is 5.26 Å². The summed E-state index contributed by atoms with van der Waals surface area (Å²) in [4.78, 5) is 28.0. The van der Waals surface area contributed by atoms with E-state index >= 15 is 0 Å². The number of aromatic nitrogens is 1. The van der Waals surface area contributed by atoms with Crippen LogP contribution in [-0.4, -0.2) is 16.6 Å². The van der Waals surface area contributed by atoms with Crippen molar-refractivity contribution in [2.45, 2.75) is 25.9 Å².